The van der Waals surface area contributed by atoms with Crippen molar-refractivity contribution in [3.8, 4) is 0 Å². The summed E-state index contributed by atoms with van der Waals surface area (Å²) in [5.74, 6) is 6.00. The minimum absolute atomic E-state index is 0.632. The molecule has 1 aliphatic carbocycles. The van der Waals surface area contributed by atoms with Crippen LogP contribution in [0.5, 0.6) is 0 Å². The van der Waals surface area contributed by atoms with Gasteiger partial charge in [0.1, 0.15) is 0 Å². The molecular formula is C30H52N6. The lowest BCUT2D eigenvalue weighted by atomic mass is 10.1. The van der Waals surface area contributed by atoms with Crippen molar-refractivity contribution in [2.75, 3.05) is 40.3 Å². The number of benzene rings is 1. The summed E-state index contributed by atoms with van der Waals surface area (Å²) in [6.07, 6.45) is 12.0. The van der Waals surface area contributed by atoms with Crippen molar-refractivity contribution in [2.24, 2.45) is 11.8 Å². The monoisotopic (exact) mass is 496 g/mol. The Kier molecular flexibility index (Phi) is 18.7. The second-order valence-corrected chi connectivity index (χ2v) is 9.67. The van der Waals surface area contributed by atoms with Crippen LogP contribution in [0.1, 0.15) is 55.8 Å². The standard InChI is InChI=1S/C14H22N2.C7H11N3.C7H12.C2H7N/c1-13-12-16(11-9-15-13)10-5-8-14-6-3-2-4-7-14;1-6-3-2-4-9-7(6)5-10-8;1-2-7-5-3-4-6-7;1-3-2/h2-4,6-7,13,15H,5,8-12H2,1H3;2-4,10H,5,8H2,1H3;2,7H,1,3-6H2;3H,1-2H3. The van der Waals surface area contributed by atoms with Gasteiger partial charge in [-0.2, -0.15) is 0 Å². The van der Waals surface area contributed by atoms with Gasteiger partial charge in [-0.15, -0.1) is 6.58 Å². The first kappa shape index (κ1) is 31.9. The van der Waals surface area contributed by atoms with Crippen molar-refractivity contribution in [1.82, 2.24) is 25.9 Å². The molecule has 0 spiro atoms. The molecule has 0 amide bonds. The highest BCUT2D eigenvalue weighted by Crippen LogP contribution is 2.24. The maximum Gasteiger partial charge on any atom is 0.0584 e. The first-order valence-electron chi connectivity index (χ1n) is 13.6. The number of aromatic nitrogens is 1. The Morgan fingerprint density at radius 2 is 1.83 bits per heavy atom. The molecule has 1 aromatic carbocycles. The average molecular weight is 497 g/mol. The highest BCUT2D eigenvalue weighted by atomic mass is 15.2. The van der Waals surface area contributed by atoms with E-state index in [0.717, 1.165) is 18.2 Å². The van der Waals surface area contributed by atoms with Crippen LogP contribution in [-0.2, 0) is 13.0 Å². The summed E-state index contributed by atoms with van der Waals surface area (Å²) in [5.41, 5.74) is 6.20. The van der Waals surface area contributed by atoms with Crippen LogP contribution < -0.4 is 21.9 Å². The summed E-state index contributed by atoms with van der Waals surface area (Å²) >= 11 is 0. The van der Waals surface area contributed by atoms with Crippen LogP contribution in [0.4, 0.5) is 0 Å². The molecule has 1 atom stereocenters. The molecule has 6 nitrogen and oxygen atoms in total. The number of hydrazine groups is 1. The number of hydrogen-bond donors (Lipinski definition) is 4. The molecular weight excluding hydrogens is 444 g/mol. The van der Waals surface area contributed by atoms with E-state index < -0.39 is 0 Å². The van der Waals surface area contributed by atoms with E-state index in [0.29, 0.717) is 12.6 Å². The van der Waals surface area contributed by atoms with Gasteiger partial charge in [0.25, 0.3) is 0 Å². The van der Waals surface area contributed by atoms with Gasteiger partial charge in [0, 0.05) is 31.9 Å². The molecule has 2 heterocycles. The number of pyridine rings is 1. The topological polar surface area (TPSA) is 78.2 Å². The smallest absolute Gasteiger partial charge is 0.0584 e. The SMILES string of the molecule is C=CC1CCCC1.CC1CN(CCCc2ccccc2)CCN1.CNC.Cc1cccnc1CNN. The summed E-state index contributed by atoms with van der Waals surface area (Å²) in [6.45, 7) is 13.4. The fraction of sp³-hybridized carbons (Fsp3) is 0.567. The van der Waals surface area contributed by atoms with E-state index in [2.05, 4.69) is 75.9 Å². The van der Waals surface area contributed by atoms with Crippen LogP contribution in [0.25, 0.3) is 0 Å². The van der Waals surface area contributed by atoms with Gasteiger partial charge in [-0.3, -0.25) is 16.3 Å². The lowest BCUT2D eigenvalue weighted by molar-refractivity contribution is 0.205. The summed E-state index contributed by atoms with van der Waals surface area (Å²) in [7, 11) is 3.75. The van der Waals surface area contributed by atoms with Gasteiger partial charge in [-0.1, -0.05) is 55.3 Å². The quantitative estimate of drug-likeness (QED) is 0.257. The number of piperazine rings is 1. The Hall–Kier alpha value is -2.09. The van der Waals surface area contributed by atoms with Gasteiger partial charge in [-0.05, 0) is 83.3 Å². The Morgan fingerprint density at radius 1 is 1.14 bits per heavy atom. The second kappa shape index (κ2) is 21.0. The third-order valence-electron chi connectivity index (χ3n) is 6.36. The molecule has 1 aromatic heterocycles. The minimum atomic E-state index is 0.632. The lowest BCUT2D eigenvalue weighted by Gasteiger charge is -2.31. The third kappa shape index (κ3) is 15.1. The number of nitrogens with two attached hydrogens (primary N) is 1. The summed E-state index contributed by atoms with van der Waals surface area (Å²) in [5, 5.41) is 6.23. The summed E-state index contributed by atoms with van der Waals surface area (Å²) in [6, 6.07) is 15.4. The summed E-state index contributed by atoms with van der Waals surface area (Å²) in [4.78, 5) is 6.70. The van der Waals surface area contributed by atoms with Gasteiger partial charge < -0.3 is 15.5 Å². The van der Waals surface area contributed by atoms with Crippen LogP contribution in [0.15, 0.2) is 61.3 Å². The van der Waals surface area contributed by atoms with E-state index in [1.165, 1.54) is 69.3 Å². The molecule has 0 radical (unpaired) electrons. The van der Waals surface area contributed by atoms with Gasteiger partial charge in [0.05, 0.1) is 12.2 Å². The van der Waals surface area contributed by atoms with Crippen molar-refractivity contribution >= 4 is 0 Å². The molecule has 5 N–H and O–H groups in total. The minimum Gasteiger partial charge on any atom is -0.323 e. The molecule has 1 saturated heterocycles. The molecule has 4 rings (SSSR count). The molecule has 6 heteroatoms. The van der Waals surface area contributed by atoms with E-state index in [9.17, 15) is 0 Å². The highest BCUT2D eigenvalue weighted by Gasteiger charge is 2.14. The first-order chi connectivity index (χ1) is 17.5. The van der Waals surface area contributed by atoms with Gasteiger partial charge >= 0.3 is 0 Å². The van der Waals surface area contributed by atoms with Crippen molar-refractivity contribution < 1.29 is 0 Å². The van der Waals surface area contributed by atoms with Gasteiger partial charge in [-0.25, -0.2) is 0 Å². The molecule has 1 saturated carbocycles. The summed E-state index contributed by atoms with van der Waals surface area (Å²) < 4.78 is 0. The second-order valence-electron chi connectivity index (χ2n) is 9.67. The van der Waals surface area contributed by atoms with Gasteiger partial charge in [0.2, 0.25) is 0 Å². The van der Waals surface area contributed by atoms with Crippen LogP contribution >= 0.6 is 0 Å². The zero-order valence-electron chi connectivity index (χ0n) is 23.3. The van der Waals surface area contributed by atoms with Crippen LogP contribution in [0, 0.1) is 12.8 Å². The Labute approximate surface area is 221 Å². The number of aryl methyl sites for hydroxylation is 2. The van der Waals surface area contributed by atoms with E-state index in [1.807, 2.05) is 33.2 Å². The van der Waals surface area contributed by atoms with Gasteiger partial charge in [0.15, 0.2) is 0 Å². The lowest BCUT2D eigenvalue weighted by Crippen LogP contribution is -2.49. The van der Waals surface area contributed by atoms with Crippen LogP contribution in [0.2, 0.25) is 0 Å². The van der Waals surface area contributed by atoms with E-state index in [-0.39, 0.29) is 0 Å². The molecule has 2 fully saturated rings. The predicted molar refractivity (Wildman–Crippen MR) is 156 cm³/mol. The molecule has 202 valence electrons. The average Bonchev–Trinajstić information content (AvgIpc) is 3.42. The van der Waals surface area contributed by atoms with Crippen molar-refractivity contribution in [1.29, 1.82) is 0 Å². The fourth-order valence-electron chi connectivity index (χ4n) is 4.36. The Bertz CT molecular complexity index is 776. The molecule has 2 aliphatic rings. The number of allylic oxidation sites excluding steroid dienone is 1. The van der Waals surface area contributed by atoms with Crippen molar-refractivity contribution in [3.63, 3.8) is 0 Å². The third-order valence-corrected chi connectivity index (χ3v) is 6.36. The zero-order chi connectivity index (χ0) is 26.4. The van der Waals surface area contributed by atoms with Crippen molar-refractivity contribution in [2.45, 2.75) is 65.0 Å². The first-order valence-corrected chi connectivity index (χ1v) is 13.6. The molecule has 1 unspecified atom stereocenters. The van der Waals surface area contributed by atoms with E-state index in [1.54, 1.807) is 6.20 Å². The molecule has 0 bridgehead atoms. The van der Waals surface area contributed by atoms with E-state index in [4.69, 9.17) is 5.84 Å². The zero-order valence-corrected chi connectivity index (χ0v) is 23.3. The maximum atomic E-state index is 5.14. The normalized spacial score (nSPS) is 17.5. The number of nitrogens with zero attached hydrogens (tertiary/aromatic N) is 2. The number of nitrogens with one attached hydrogen (secondary N) is 3. The fourth-order valence-corrected chi connectivity index (χ4v) is 4.36. The highest BCUT2D eigenvalue weighted by molar-refractivity contribution is 5.17. The van der Waals surface area contributed by atoms with Crippen molar-refractivity contribution in [3.05, 3.63) is 78.1 Å². The Balaban J connectivity index is 0.000000277. The molecule has 36 heavy (non-hydrogen) atoms. The molecule has 1 aliphatic heterocycles. The number of hydrogen-bond acceptors (Lipinski definition) is 6. The predicted octanol–water partition coefficient (Wildman–Crippen LogP) is 4.46. The molecule has 2 aromatic rings. The Morgan fingerprint density at radius 3 is 2.39 bits per heavy atom. The maximum absolute atomic E-state index is 5.14. The van der Waals surface area contributed by atoms with E-state index >= 15 is 0 Å². The van der Waals surface area contributed by atoms with Crippen LogP contribution in [-0.4, -0.2) is 56.2 Å². The van der Waals surface area contributed by atoms with Crippen LogP contribution in [0.3, 0.4) is 0 Å². The largest absolute Gasteiger partial charge is 0.323 e. The number of rotatable bonds is 7.